The van der Waals surface area contributed by atoms with Gasteiger partial charge in [-0.2, -0.15) is 0 Å². The number of rotatable bonds is 5. The van der Waals surface area contributed by atoms with Crippen LogP contribution < -0.4 is 10.9 Å². The van der Waals surface area contributed by atoms with Gasteiger partial charge in [-0.05, 0) is 35.4 Å². The van der Waals surface area contributed by atoms with E-state index in [1.165, 1.54) is 17.7 Å². The number of carbonyl (C=O) groups is 1. The molecule has 4 rings (SSSR count). The van der Waals surface area contributed by atoms with E-state index in [9.17, 15) is 23.5 Å². The number of aromatic hydroxyl groups is 1. The van der Waals surface area contributed by atoms with E-state index in [1.54, 1.807) is 24.5 Å². The van der Waals surface area contributed by atoms with Gasteiger partial charge in [-0.3, -0.25) is 14.6 Å². The number of nitrogens with one attached hydrogen (secondary N) is 1. The molecule has 0 aliphatic rings. The van der Waals surface area contributed by atoms with Crippen LogP contribution in [0, 0.1) is 11.6 Å². The molecule has 31 heavy (non-hydrogen) atoms. The lowest BCUT2D eigenvalue weighted by Gasteiger charge is -2.08. The van der Waals surface area contributed by atoms with Gasteiger partial charge < -0.3 is 15.0 Å². The van der Waals surface area contributed by atoms with Crippen molar-refractivity contribution in [3.8, 4) is 5.75 Å². The lowest BCUT2D eigenvalue weighted by Crippen LogP contribution is -2.22. The van der Waals surface area contributed by atoms with Crippen molar-refractivity contribution in [3.05, 3.63) is 86.4 Å². The third-order valence-corrected chi connectivity index (χ3v) is 5.88. The third kappa shape index (κ3) is 4.02. The second-order valence-corrected chi connectivity index (χ2v) is 7.81. The lowest BCUT2D eigenvalue weighted by molar-refractivity contribution is 0.0950. The normalized spacial score (nSPS) is 11.1. The number of carbonyl (C=O) groups excluding carboxylic acids is 1. The molecule has 1 amide bonds. The average molecular weight is 442 g/mol. The van der Waals surface area contributed by atoms with Crippen LogP contribution in [0.4, 0.5) is 8.78 Å². The van der Waals surface area contributed by atoms with Crippen molar-refractivity contribution < 1.29 is 18.7 Å². The Labute approximate surface area is 178 Å². The fourth-order valence-electron chi connectivity index (χ4n) is 3.10. The Morgan fingerprint density at radius 2 is 1.90 bits per heavy atom. The Balaban J connectivity index is 1.66. The van der Waals surface area contributed by atoms with Gasteiger partial charge in [0.05, 0.1) is 5.56 Å². The molecule has 0 fully saturated rings. The summed E-state index contributed by atoms with van der Waals surface area (Å²) in [5, 5.41) is 13.5. The van der Waals surface area contributed by atoms with Crippen molar-refractivity contribution in [2.24, 2.45) is 7.05 Å². The summed E-state index contributed by atoms with van der Waals surface area (Å²) < 4.78 is 28.0. The number of amides is 1. The van der Waals surface area contributed by atoms with Gasteiger partial charge in [0.2, 0.25) is 0 Å². The van der Waals surface area contributed by atoms with Gasteiger partial charge in [0.1, 0.15) is 10.3 Å². The van der Waals surface area contributed by atoms with Crippen molar-refractivity contribution in [1.82, 2.24) is 19.9 Å². The van der Waals surface area contributed by atoms with Crippen LogP contribution in [0.3, 0.4) is 0 Å². The molecule has 3 heterocycles. The topological polar surface area (TPSA) is 97.1 Å². The molecule has 0 aliphatic carbocycles. The van der Waals surface area contributed by atoms with E-state index in [2.05, 4.69) is 15.3 Å². The minimum Gasteiger partial charge on any atom is -0.505 e. The quantitative estimate of drug-likeness (QED) is 0.495. The molecule has 7 nitrogen and oxygen atoms in total. The molecular formula is C21H16F2N4O3S. The monoisotopic (exact) mass is 442 g/mol. The number of aromatic nitrogens is 3. The Morgan fingerprint density at radius 1 is 1.16 bits per heavy atom. The maximum atomic E-state index is 13.5. The second kappa shape index (κ2) is 8.23. The number of hydrogen-bond acceptors (Lipinski definition) is 6. The van der Waals surface area contributed by atoms with Crippen LogP contribution in [0.2, 0.25) is 0 Å². The molecule has 0 spiro atoms. The highest BCUT2D eigenvalue weighted by atomic mass is 32.1. The predicted molar refractivity (Wildman–Crippen MR) is 111 cm³/mol. The highest BCUT2D eigenvalue weighted by Crippen LogP contribution is 2.31. The molecule has 0 saturated carbocycles. The number of fused-ring (bicyclic) bond motifs is 1. The standard InChI is InChI=1S/C21H16F2N4O3S/c1-27-20(30)13(8-12-2-3-14(22)15(23)9-12)17(28)16-21(27)31-19(26-16)18(29)25-10-11-4-6-24-7-5-11/h2-7,9,28H,8,10H2,1H3,(H,25,29). The smallest absolute Gasteiger partial charge is 0.280 e. The highest BCUT2D eigenvalue weighted by Gasteiger charge is 2.22. The van der Waals surface area contributed by atoms with E-state index in [0.29, 0.717) is 10.4 Å². The Morgan fingerprint density at radius 3 is 2.61 bits per heavy atom. The van der Waals surface area contributed by atoms with Crippen LogP contribution >= 0.6 is 11.3 Å². The summed E-state index contributed by atoms with van der Waals surface area (Å²) in [5.41, 5.74) is 0.737. The van der Waals surface area contributed by atoms with Crippen molar-refractivity contribution in [1.29, 1.82) is 0 Å². The molecule has 1 aromatic carbocycles. The largest absolute Gasteiger partial charge is 0.505 e. The number of benzene rings is 1. The maximum Gasteiger partial charge on any atom is 0.280 e. The molecule has 10 heteroatoms. The fourth-order valence-corrected chi connectivity index (χ4v) is 4.05. The molecular weight excluding hydrogens is 426 g/mol. The molecule has 4 aromatic rings. The summed E-state index contributed by atoms with van der Waals surface area (Å²) in [6, 6.07) is 6.79. The molecule has 0 aliphatic heterocycles. The zero-order valence-electron chi connectivity index (χ0n) is 16.2. The molecule has 158 valence electrons. The second-order valence-electron chi connectivity index (χ2n) is 6.83. The summed E-state index contributed by atoms with van der Waals surface area (Å²) in [6.45, 7) is 0.267. The van der Waals surface area contributed by atoms with Crippen LogP contribution in [-0.2, 0) is 20.0 Å². The number of nitrogens with zero attached hydrogens (tertiary/aromatic N) is 3. The first-order chi connectivity index (χ1) is 14.8. The molecule has 0 saturated heterocycles. The van der Waals surface area contributed by atoms with E-state index in [0.717, 1.165) is 29.0 Å². The van der Waals surface area contributed by atoms with Gasteiger partial charge in [0.25, 0.3) is 11.5 Å². The highest BCUT2D eigenvalue weighted by molar-refractivity contribution is 7.20. The van der Waals surface area contributed by atoms with Gasteiger partial charge in [-0.25, -0.2) is 13.8 Å². The van der Waals surface area contributed by atoms with Crippen molar-refractivity contribution in [2.75, 3.05) is 0 Å². The average Bonchev–Trinajstić information content (AvgIpc) is 3.23. The molecule has 0 bridgehead atoms. The van der Waals surface area contributed by atoms with Gasteiger partial charge in [-0.15, -0.1) is 0 Å². The first-order valence-corrected chi connectivity index (χ1v) is 9.99. The first-order valence-electron chi connectivity index (χ1n) is 9.17. The minimum atomic E-state index is -1.04. The Kier molecular flexibility index (Phi) is 5.47. The van der Waals surface area contributed by atoms with Crippen LogP contribution in [0.25, 0.3) is 10.3 Å². The SMILES string of the molecule is Cn1c(=O)c(Cc2ccc(F)c(F)c2)c(O)c2nc(C(=O)NCc3ccncc3)sc21. The summed E-state index contributed by atoms with van der Waals surface area (Å²) in [5.74, 6) is -2.88. The molecule has 0 atom stereocenters. The van der Waals surface area contributed by atoms with Gasteiger partial charge in [0, 0.05) is 32.4 Å². The first kappa shape index (κ1) is 20.6. The summed E-state index contributed by atoms with van der Waals surface area (Å²) >= 11 is 0.973. The van der Waals surface area contributed by atoms with Crippen molar-refractivity contribution in [3.63, 3.8) is 0 Å². The number of hydrogen-bond donors (Lipinski definition) is 2. The van der Waals surface area contributed by atoms with Crippen LogP contribution in [0.5, 0.6) is 5.75 Å². The Bertz CT molecular complexity index is 1350. The van der Waals surface area contributed by atoms with E-state index in [4.69, 9.17) is 0 Å². The van der Waals surface area contributed by atoms with Crippen molar-refractivity contribution in [2.45, 2.75) is 13.0 Å². The molecule has 2 N–H and O–H groups in total. The van der Waals surface area contributed by atoms with Crippen LogP contribution in [0.1, 0.15) is 26.5 Å². The maximum absolute atomic E-state index is 13.5. The van der Waals surface area contributed by atoms with E-state index in [-0.39, 0.29) is 34.8 Å². The van der Waals surface area contributed by atoms with E-state index >= 15 is 0 Å². The number of thiazole rings is 1. The van der Waals surface area contributed by atoms with Crippen molar-refractivity contribution >= 4 is 27.6 Å². The predicted octanol–water partition coefficient (Wildman–Crippen LogP) is 2.89. The van der Waals surface area contributed by atoms with Gasteiger partial charge >= 0.3 is 0 Å². The Hall–Kier alpha value is -3.66. The fraction of sp³-hybridized carbons (Fsp3) is 0.143. The number of pyridine rings is 2. The van der Waals surface area contributed by atoms with Crippen LogP contribution in [0.15, 0.2) is 47.5 Å². The minimum absolute atomic E-state index is 0.0185. The summed E-state index contributed by atoms with van der Waals surface area (Å²) in [6.07, 6.45) is 3.11. The third-order valence-electron chi connectivity index (χ3n) is 4.75. The van der Waals surface area contributed by atoms with Crippen LogP contribution in [-0.4, -0.2) is 25.5 Å². The zero-order chi connectivity index (χ0) is 22.1. The zero-order valence-corrected chi connectivity index (χ0v) is 17.0. The number of aryl methyl sites for hydroxylation is 1. The van der Waals surface area contributed by atoms with Gasteiger partial charge in [0.15, 0.2) is 22.4 Å². The summed E-state index contributed by atoms with van der Waals surface area (Å²) in [7, 11) is 1.50. The molecule has 0 unspecified atom stereocenters. The van der Waals surface area contributed by atoms with E-state index in [1.807, 2.05) is 0 Å². The van der Waals surface area contributed by atoms with E-state index < -0.39 is 23.1 Å². The lowest BCUT2D eigenvalue weighted by atomic mass is 10.0. The molecule has 0 radical (unpaired) electrons. The summed E-state index contributed by atoms with van der Waals surface area (Å²) in [4.78, 5) is 33.7. The molecule has 3 aromatic heterocycles. The van der Waals surface area contributed by atoms with Gasteiger partial charge in [-0.1, -0.05) is 17.4 Å². The number of halogens is 2.